The van der Waals surface area contributed by atoms with Crippen LogP contribution in [0.2, 0.25) is 0 Å². The van der Waals surface area contributed by atoms with Crippen molar-refractivity contribution in [1.29, 1.82) is 5.26 Å². The number of hydrogen-bond acceptors (Lipinski definition) is 10. The van der Waals surface area contributed by atoms with Gasteiger partial charge < -0.3 is 28.5 Å². The number of hydrogen-bond donors (Lipinski definition) is 0. The Balaban J connectivity index is 1.40. The van der Waals surface area contributed by atoms with Crippen molar-refractivity contribution in [2.45, 2.75) is 45.8 Å². The van der Waals surface area contributed by atoms with Crippen molar-refractivity contribution in [3.63, 3.8) is 0 Å². The molecule has 1 aliphatic heterocycles. The second-order valence-corrected chi connectivity index (χ2v) is 10.5. The Hall–Kier alpha value is -3.94. The minimum absolute atomic E-state index is 0.186. The molecule has 0 aliphatic carbocycles. The third kappa shape index (κ3) is 7.34. The van der Waals surface area contributed by atoms with Gasteiger partial charge in [-0.15, -0.1) is 0 Å². The molecule has 3 aromatic rings. The van der Waals surface area contributed by atoms with Gasteiger partial charge in [-0.25, -0.2) is 0 Å². The van der Waals surface area contributed by atoms with Gasteiger partial charge >= 0.3 is 5.97 Å². The van der Waals surface area contributed by atoms with E-state index in [1.54, 1.807) is 25.3 Å². The number of ether oxygens (including phenoxy) is 3. The lowest BCUT2D eigenvalue weighted by molar-refractivity contribution is -0.155. The first kappa shape index (κ1) is 28.1. The SMILES string of the molecule is COCCOc1ccc(-c2nc(N3CCc4cc(CN(C)CCC(=O)OC(C)(C)C)ccc43)no2)cc1C#N. The number of benzene rings is 2. The number of rotatable bonds is 11. The second kappa shape index (κ2) is 12.3. The lowest BCUT2D eigenvalue weighted by Crippen LogP contribution is -2.27. The van der Waals surface area contributed by atoms with Gasteiger partial charge in [0.05, 0.1) is 18.6 Å². The van der Waals surface area contributed by atoms with Crippen molar-refractivity contribution in [3.8, 4) is 23.3 Å². The highest BCUT2D eigenvalue weighted by Gasteiger charge is 2.25. The fourth-order valence-corrected chi connectivity index (χ4v) is 4.38. The van der Waals surface area contributed by atoms with Crippen LogP contribution in [0.1, 0.15) is 43.9 Å². The number of nitrogens with zero attached hydrogens (tertiary/aromatic N) is 5. The van der Waals surface area contributed by atoms with Crippen LogP contribution >= 0.6 is 0 Å². The maximum atomic E-state index is 12.0. The molecule has 0 amide bonds. The van der Waals surface area contributed by atoms with Crippen LogP contribution in [-0.2, 0) is 27.2 Å². The van der Waals surface area contributed by atoms with Gasteiger partial charge in [0.1, 0.15) is 24.0 Å². The van der Waals surface area contributed by atoms with Crippen LogP contribution in [0.25, 0.3) is 11.5 Å². The summed E-state index contributed by atoms with van der Waals surface area (Å²) in [5.41, 5.74) is 4.00. The fraction of sp³-hybridized carbons (Fsp3) is 0.448. The van der Waals surface area contributed by atoms with E-state index in [1.807, 2.05) is 32.7 Å². The van der Waals surface area contributed by atoms with Gasteiger partial charge in [0.25, 0.3) is 11.8 Å². The third-order valence-electron chi connectivity index (χ3n) is 6.16. The van der Waals surface area contributed by atoms with Gasteiger partial charge in [0, 0.05) is 38.0 Å². The summed E-state index contributed by atoms with van der Waals surface area (Å²) in [4.78, 5) is 20.8. The number of esters is 1. The Labute approximate surface area is 229 Å². The van der Waals surface area contributed by atoms with Crippen LogP contribution in [-0.4, -0.2) is 67.1 Å². The van der Waals surface area contributed by atoms with Crippen LogP contribution in [0, 0.1) is 11.3 Å². The molecule has 2 heterocycles. The molecule has 4 rings (SSSR count). The molecular formula is C29H35N5O5. The fourth-order valence-electron chi connectivity index (χ4n) is 4.38. The molecule has 0 N–H and O–H groups in total. The van der Waals surface area contributed by atoms with Gasteiger partial charge in [0.2, 0.25) is 0 Å². The van der Waals surface area contributed by atoms with E-state index in [0.717, 1.165) is 25.2 Å². The molecule has 10 heteroatoms. The largest absolute Gasteiger partial charge is 0.490 e. The maximum absolute atomic E-state index is 12.0. The Kier molecular flexibility index (Phi) is 8.84. The highest BCUT2D eigenvalue weighted by molar-refractivity contribution is 5.70. The van der Waals surface area contributed by atoms with Crippen LogP contribution in [0.4, 0.5) is 11.6 Å². The predicted molar refractivity (Wildman–Crippen MR) is 146 cm³/mol. The number of nitriles is 1. The van der Waals surface area contributed by atoms with E-state index in [2.05, 4.69) is 39.3 Å². The average Bonchev–Trinajstić information content (AvgIpc) is 3.54. The zero-order valence-corrected chi connectivity index (χ0v) is 23.2. The van der Waals surface area contributed by atoms with Crippen LogP contribution in [0.3, 0.4) is 0 Å². The van der Waals surface area contributed by atoms with Crippen LogP contribution < -0.4 is 9.64 Å². The molecule has 0 fully saturated rings. The third-order valence-corrected chi connectivity index (χ3v) is 6.16. The zero-order chi connectivity index (χ0) is 28.0. The lowest BCUT2D eigenvalue weighted by Gasteiger charge is -2.21. The number of fused-ring (bicyclic) bond motifs is 1. The van der Waals surface area contributed by atoms with E-state index in [1.165, 1.54) is 11.1 Å². The first-order chi connectivity index (χ1) is 18.7. The summed E-state index contributed by atoms with van der Waals surface area (Å²) >= 11 is 0. The van der Waals surface area contributed by atoms with E-state index in [9.17, 15) is 10.1 Å². The Morgan fingerprint density at radius 1 is 1.21 bits per heavy atom. The second-order valence-electron chi connectivity index (χ2n) is 10.5. The lowest BCUT2D eigenvalue weighted by atomic mass is 10.1. The molecule has 10 nitrogen and oxygen atoms in total. The monoisotopic (exact) mass is 533 g/mol. The normalized spacial score (nSPS) is 12.9. The minimum atomic E-state index is -0.468. The molecule has 0 saturated heterocycles. The summed E-state index contributed by atoms with van der Waals surface area (Å²) < 4.78 is 21.6. The van der Waals surface area contributed by atoms with Gasteiger partial charge in [-0.1, -0.05) is 12.1 Å². The summed E-state index contributed by atoms with van der Waals surface area (Å²) in [6.45, 7) is 8.51. The van der Waals surface area contributed by atoms with Crippen LogP contribution in [0.5, 0.6) is 5.75 Å². The quantitative estimate of drug-likeness (QED) is 0.258. The van der Waals surface area contributed by atoms with Gasteiger partial charge in [-0.3, -0.25) is 4.79 Å². The number of aromatic nitrogens is 2. The average molecular weight is 534 g/mol. The Morgan fingerprint density at radius 3 is 2.77 bits per heavy atom. The molecule has 39 heavy (non-hydrogen) atoms. The predicted octanol–water partition coefficient (Wildman–Crippen LogP) is 4.49. The molecular weight excluding hydrogens is 498 g/mol. The van der Waals surface area contributed by atoms with E-state index >= 15 is 0 Å². The van der Waals surface area contributed by atoms with E-state index < -0.39 is 5.60 Å². The summed E-state index contributed by atoms with van der Waals surface area (Å²) in [6, 6.07) is 13.7. The molecule has 1 aliphatic rings. The smallest absolute Gasteiger partial charge is 0.307 e. The van der Waals surface area contributed by atoms with Crippen molar-refractivity contribution in [1.82, 2.24) is 15.0 Å². The molecule has 0 bridgehead atoms. The summed E-state index contributed by atoms with van der Waals surface area (Å²) in [7, 11) is 3.60. The van der Waals surface area contributed by atoms with E-state index in [0.29, 0.717) is 54.9 Å². The van der Waals surface area contributed by atoms with Crippen molar-refractivity contribution in [2.24, 2.45) is 0 Å². The summed E-state index contributed by atoms with van der Waals surface area (Å²) in [6.07, 6.45) is 1.22. The van der Waals surface area contributed by atoms with Gasteiger partial charge in [-0.2, -0.15) is 10.2 Å². The molecule has 0 atom stereocenters. The number of carbonyl (C=O) groups excluding carboxylic acids is 1. The number of carbonyl (C=O) groups is 1. The van der Waals surface area contributed by atoms with E-state index in [4.69, 9.17) is 18.7 Å². The topological polar surface area (TPSA) is 114 Å². The Bertz CT molecular complexity index is 1340. The molecule has 1 aromatic heterocycles. The molecule has 0 unspecified atom stereocenters. The molecule has 0 spiro atoms. The highest BCUT2D eigenvalue weighted by Crippen LogP contribution is 2.35. The molecule has 0 radical (unpaired) electrons. The van der Waals surface area contributed by atoms with Crippen molar-refractivity contribution >= 4 is 17.6 Å². The molecule has 2 aromatic carbocycles. The Morgan fingerprint density at radius 2 is 2.03 bits per heavy atom. The maximum Gasteiger partial charge on any atom is 0.307 e. The summed E-state index contributed by atoms with van der Waals surface area (Å²) in [5.74, 6) is 1.11. The first-order valence-corrected chi connectivity index (χ1v) is 13.0. The summed E-state index contributed by atoms with van der Waals surface area (Å²) in [5, 5.41) is 13.8. The molecule has 0 saturated carbocycles. The number of anilines is 2. The molecule has 206 valence electrons. The van der Waals surface area contributed by atoms with Crippen molar-refractivity contribution in [3.05, 3.63) is 53.1 Å². The first-order valence-electron chi connectivity index (χ1n) is 13.0. The highest BCUT2D eigenvalue weighted by atomic mass is 16.6. The van der Waals surface area contributed by atoms with Crippen molar-refractivity contribution in [2.75, 3.05) is 45.4 Å². The van der Waals surface area contributed by atoms with E-state index in [-0.39, 0.29) is 5.97 Å². The minimum Gasteiger partial charge on any atom is -0.490 e. The van der Waals surface area contributed by atoms with Crippen LogP contribution in [0.15, 0.2) is 40.9 Å². The number of methoxy groups -OCH3 is 1. The zero-order valence-electron chi connectivity index (χ0n) is 23.2. The van der Waals surface area contributed by atoms with Crippen molar-refractivity contribution < 1.29 is 23.5 Å². The standard InChI is InChI=1S/C29H35N5O5/c1-29(2,3)38-26(35)11-12-33(4)19-20-6-8-24-21(16-20)10-13-34(24)28-31-27(39-32-28)22-7-9-25(23(17-22)18-30)37-15-14-36-5/h6-9,16-17H,10-15,19H2,1-5H3. The van der Waals surface area contributed by atoms with Gasteiger partial charge in [0.15, 0.2) is 0 Å². The van der Waals surface area contributed by atoms with Gasteiger partial charge in [-0.05, 0) is 74.8 Å².